The van der Waals surface area contributed by atoms with Crippen LogP contribution in [0.5, 0.6) is 11.5 Å². The van der Waals surface area contributed by atoms with Gasteiger partial charge in [0.1, 0.15) is 23.1 Å². The summed E-state index contributed by atoms with van der Waals surface area (Å²) in [5.74, 6) is 0.986. The third-order valence-corrected chi connectivity index (χ3v) is 2.56. The van der Waals surface area contributed by atoms with Gasteiger partial charge in [-0.15, -0.1) is 0 Å². The Morgan fingerprint density at radius 3 is 2.35 bits per heavy atom. The van der Waals surface area contributed by atoms with E-state index in [4.69, 9.17) is 4.74 Å². The molecule has 0 aliphatic carbocycles. The van der Waals surface area contributed by atoms with Crippen LogP contribution in [0.3, 0.4) is 0 Å². The number of carbonyl (C=O) groups excluding carboxylic acids is 1. The minimum atomic E-state index is -0.317. The number of nitrogens with zero attached hydrogens (tertiary/aromatic N) is 1. The summed E-state index contributed by atoms with van der Waals surface area (Å²) in [6.07, 6.45) is 1.50. The van der Waals surface area contributed by atoms with Crippen molar-refractivity contribution in [1.82, 2.24) is 4.98 Å². The first-order valence-electron chi connectivity index (χ1n) is 6.25. The van der Waals surface area contributed by atoms with E-state index in [-0.39, 0.29) is 17.6 Å². The molecule has 0 unspecified atom stereocenters. The van der Waals surface area contributed by atoms with Crippen LogP contribution in [-0.4, -0.2) is 10.9 Å². The van der Waals surface area contributed by atoms with Crippen LogP contribution < -0.4 is 10.1 Å². The number of amides is 1. The van der Waals surface area contributed by atoms with E-state index >= 15 is 0 Å². The van der Waals surface area contributed by atoms with Crippen LogP contribution in [0.1, 0.15) is 13.8 Å². The zero-order valence-electron chi connectivity index (χ0n) is 11.3. The van der Waals surface area contributed by atoms with Crippen LogP contribution in [0.15, 0.2) is 42.6 Å². The van der Waals surface area contributed by atoms with Gasteiger partial charge in [0.25, 0.3) is 0 Å². The van der Waals surface area contributed by atoms with Crippen molar-refractivity contribution in [3.05, 3.63) is 48.4 Å². The van der Waals surface area contributed by atoms with Crippen LogP contribution in [0.4, 0.5) is 10.2 Å². The second-order valence-electron chi connectivity index (χ2n) is 4.58. The predicted octanol–water partition coefficient (Wildman–Crippen LogP) is 3.61. The number of hydrogen-bond donors (Lipinski definition) is 1. The number of anilines is 1. The number of benzene rings is 1. The summed E-state index contributed by atoms with van der Waals surface area (Å²) < 4.78 is 18.3. The van der Waals surface area contributed by atoms with E-state index in [1.165, 1.54) is 30.5 Å². The first-order valence-corrected chi connectivity index (χ1v) is 6.25. The fourth-order valence-corrected chi connectivity index (χ4v) is 1.42. The first-order chi connectivity index (χ1) is 9.54. The number of carbonyl (C=O) groups is 1. The third-order valence-electron chi connectivity index (χ3n) is 2.56. The minimum Gasteiger partial charge on any atom is -0.456 e. The first kappa shape index (κ1) is 14.0. The van der Waals surface area contributed by atoms with Gasteiger partial charge < -0.3 is 10.1 Å². The average molecular weight is 274 g/mol. The molecule has 0 saturated carbocycles. The molecule has 0 atom stereocenters. The number of pyridine rings is 1. The van der Waals surface area contributed by atoms with Crippen molar-refractivity contribution >= 4 is 11.7 Å². The van der Waals surface area contributed by atoms with Crippen LogP contribution in [-0.2, 0) is 4.79 Å². The Morgan fingerprint density at radius 1 is 1.15 bits per heavy atom. The molecule has 1 aromatic carbocycles. The molecule has 1 amide bonds. The Morgan fingerprint density at radius 2 is 1.80 bits per heavy atom. The molecular formula is C15H15FN2O2. The largest absolute Gasteiger partial charge is 0.456 e. The van der Waals surface area contributed by atoms with Gasteiger partial charge in [0.05, 0.1) is 6.20 Å². The highest BCUT2D eigenvalue weighted by atomic mass is 19.1. The number of ether oxygens (including phenoxy) is 1. The molecule has 4 nitrogen and oxygen atoms in total. The van der Waals surface area contributed by atoms with E-state index in [0.29, 0.717) is 17.3 Å². The van der Waals surface area contributed by atoms with Crippen molar-refractivity contribution in [3.8, 4) is 11.5 Å². The van der Waals surface area contributed by atoms with E-state index in [1.54, 1.807) is 26.0 Å². The van der Waals surface area contributed by atoms with Crippen molar-refractivity contribution in [2.75, 3.05) is 5.32 Å². The van der Waals surface area contributed by atoms with Crippen LogP contribution in [0.2, 0.25) is 0 Å². The topological polar surface area (TPSA) is 51.2 Å². The molecule has 104 valence electrons. The fraction of sp³-hybridized carbons (Fsp3) is 0.200. The normalized spacial score (nSPS) is 10.4. The summed E-state index contributed by atoms with van der Waals surface area (Å²) in [5.41, 5.74) is 0. The zero-order valence-corrected chi connectivity index (χ0v) is 11.3. The summed E-state index contributed by atoms with van der Waals surface area (Å²) >= 11 is 0. The van der Waals surface area contributed by atoms with Crippen LogP contribution in [0.25, 0.3) is 0 Å². The average Bonchev–Trinajstić information content (AvgIpc) is 2.43. The molecule has 1 aromatic heterocycles. The molecule has 0 bridgehead atoms. The smallest absolute Gasteiger partial charge is 0.228 e. The molecule has 2 rings (SSSR count). The Labute approximate surface area is 116 Å². The lowest BCUT2D eigenvalue weighted by molar-refractivity contribution is -0.118. The number of halogens is 1. The molecule has 0 aliphatic rings. The maximum atomic E-state index is 12.8. The molecular weight excluding hydrogens is 259 g/mol. The maximum absolute atomic E-state index is 12.8. The lowest BCUT2D eigenvalue weighted by Gasteiger charge is -2.08. The molecule has 1 heterocycles. The van der Waals surface area contributed by atoms with Gasteiger partial charge in [-0.2, -0.15) is 0 Å². The molecule has 0 saturated heterocycles. The van der Waals surface area contributed by atoms with Gasteiger partial charge >= 0.3 is 0 Å². The summed E-state index contributed by atoms with van der Waals surface area (Å²) in [6, 6.07) is 9.04. The summed E-state index contributed by atoms with van der Waals surface area (Å²) in [7, 11) is 0. The summed E-state index contributed by atoms with van der Waals surface area (Å²) in [4.78, 5) is 15.6. The molecule has 20 heavy (non-hydrogen) atoms. The van der Waals surface area contributed by atoms with E-state index < -0.39 is 0 Å². The van der Waals surface area contributed by atoms with Crippen LogP contribution in [0, 0.1) is 11.7 Å². The van der Waals surface area contributed by atoms with Gasteiger partial charge in [-0.25, -0.2) is 9.37 Å². The third kappa shape index (κ3) is 3.78. The predicted molar refractivity (Wildman–Crippen MR) is 74.2 cm³/mol. The molecule has 0 radical (unpaired) electrons. The van der Waals surface area contributed by atoms with Crippen molar-refractivity contribution in [3.63, 3.8) is 0 Å². The number of aromatic nitrogens is 1. The highest BCUT2D eigenvalue weighted by Crippen LogP contribution is 2.21. The van der Waals surface area contributed by atoms with Crippen molar-refractivity contribution in [1.29, 1.82) is 0 Å². The zero-order chi connectivity index (χ0) is 14.5. The molecule has 0 spiro atoms. The van der Waals surface area contributed by atoms with Crippen molar-refractivity contribution in [2.24, 2.45) is 5.92 Å². The second kappa shape index (κ2) is 6.14. The van der Waals surface area contributed by atoms with Gasteiger partial charge in [-0.1, -0.05) is 13.8 Å². The Hall–Kier alpha value is -2.43. The van der Waals surface area contributed by atoms with E-state index in [1.807, 2.05) is 0 Å². The Bertz CT molecular complexity index is 580. The second-order valence-corrected chi connectivity index (χ2v) is 4.58. The highest BCUT2D eigenvalue weighted by molar-refractivity contribution is 5.91. The number of hydrogen-bond acceptors (Lipinski definition) is 3. The van der Waals surface area contributed by atoms with E-state index in [0.717, 1.165) is 0 Å². The van der Waals surface area contributed by atoms with Gasteiger partial charge in [0, 0.05) is 5.92 Å². The standard InChI is InChI=1S/C15H15FN2O2/c1-10(2)15(19)18-14-8-7-13(9-17-14)20-12-5-3-11(16)4-6-12/h3-10H,1-2H3,(H,17,18,19). The lowest BCUT2D eigenvalue weighted by atomic mass is 10.2. The van der Waals surface area contributed by atoms with Gasteiger partial charge in [0.2, 0.25) is 5.91 Å². The summed E-state index contributed by atoms with van der Waals surface area (Å²) in [5, 5.41) is 2.68. The van der Waals surface area contributed by atoms with Gasteiger partial charge in [0.15, 0.2) is 0 Å². The lowest BCUT2D eigenvalue weighted by Crippen LogP contribution is -2.18. The molecule has 0 aliphatic heterocycles. The number of nitrogens with one attached hydrogen (secondary N) is 1. The van der Waals surface area contributed by atoms with Crippen molar-refractivity contribution < 1.29 is 13.9 Å². The molecule has 2 aromatic rings. The van der Waals surface area contributed by atoms with Crippen LogP contribution >= 0.6 is 0 Å². The minimum absolute atomic E-state index is 0.0929. The quantitative estimate of drug-likeness (QED) is 0.926. The highest BCUT2D eigenvalue weighted by Gasteiger charge is 2.07. The van der Waals surface area contributed by atoms with Gasteiger partial charge in [-0.05, 0) is 36.4 Å². The molecule has 5 heteroatoms. The molecule has 1 N–H and O–H groups in total. The van der Waals surface area contributed by atoms with E-state index in [2.05, 4.69) is 10.3 Å². The maximum Gasteiger partial charge on any atom is 0.228 e. The Balaban J connectivity index is 2.01. The monoisotopic (exact) mass is 274 g/mol. The van der Waals surface area contributed by atoms with E-state index in [9.17, 15) is 9.18 Å². The van der Waals surface area contributed by atoms with Gasteiger partial charge in [-0.3, -0.25) is 4.79 Å². The molecule has 0 fully saturated rings. The SMILES string of the molecule is CC(C)C(=O)Nc1ccc(Oc2ccc(F)cc2)cn1. The number of rotatable bonds is 4. The summed E-state index contributed by atoms with van der Waals surface area (Å²) in [6.45, 7) is 3.61. The fourth-order valence-electron chi connectivity index (χ4n) is 1.42. The Kier molecular flexibility index (Phi) is 4.30. The van der Waals surface area contributed by atoms with Crippen molar-refractivity contribution in [2.45, 2.75) is 13.8 Å².